The second-order valence-corrected chi connectivity index (χ2v) is 5.96. The minimum Gasteiger partial charge on any atom is -0.481 e. The van der Waals surface area contributed by atoms with E-state index in [0.717, 1.165) is 18.5 Å². The smallest absolute Gasteiger partial charge is 0.309 e. The molecule has 0 spiro atoms. The van der Waals surface area contributed by atoms with Gasteiger partial charge in [-0.05, 0) is 31.4 Å². The van der Waals surface area contributed by atoms with E-state index in [2.05, 4.69) is 17.0 Å². The third-order valence-electron chi connectivity index (χ3n) is 4.54. The van der Waals surface area contributed by atoms with Gasteiger partial charge in [0.2, 0.25) is 0 Å². The first kappa shape index (κ1) is 15.8. The largest absolute Gasteiger partial charge is 0.481 e. The van der Waals surface area contributed by atoms with Crippen LogP contribution in [-0.4, -0.2) is 34.9 Å². The van der Waals surface area contributed by atoms with Gasteiger partial charge in [0.05, 0.1) is 11.5 Å². The molecule has 0 aliphatic carbocycles. The van der Waals surface area contributed by atoms with E-state index in [9.17, 15) is 15.0 Å². The number of carboxylic acids is 1. The van der Waals surface area contributed by atoms with Crippen molar-refractivity contribution in [2.45, 2.75) is 44.6 Å². The fourth-order valence-corrected chi connectivity index (χ4v) is 3.17. The highest BCUT2D eigenvalue weighted by atomic mass is 16.4. The maximum absolute atomic E-state index is 11.5. The van der Waals surface area contributed by atoms with E-state index in [1.165, 1.54) is 0 Å². The van der Waals surface area contributed by atoms with Gasteiger partial charge in [-0.3, -0.25) is 4.79 Å². The lowest BCUT2D eigenvalue weighted by Crippen LogP contribution is -2.51. The van der Waals surface area contributed by atoms with Gasteiger partial charge < -0.3 is 15.1 Å². The predicted octanol–water partition coefficient (Wildman–Crippen LogP) is 2.91. The Hall–Kier alpha value is -1.55. The van der Waals surface area contributed by atoms with Crippen molar-refractivity contribution >= 4 is 11.7 Å². The summed E-state index contributed by atoms with van der Waals surface area (Å²) in [5.41, 5.74) is 0.0757. The van der Waals surface area contributed by atoms with Gasteiger partial charge in [-0.15, -0.1) is 0 Å². The molecule has 1 heterocycles. The molecule has 0 amide bonds. The molecule has 1 aliphatic heterocycles. The SMILES string of the molecule is CCCCC(C(=O)O)C1(O)CCN(c2ccccc2)CC1. The normalized spacial score (nSPS) is 19.2. The molecule has 0 saturated carbocycles. The quantitative estimate of drug-likeness (QED) is 0.846. The molecule has 1 aromatic rings. The summed E-state index contributed by atoms with van der Waals surface area (Å²) in [5.74, 6) is -1.51. The molecule has 1 unspecified atom stereocenters. The number of hydrogen-bond acceptors (Lipinski definition) is 3. The molecule has 2 rings (SSSR count). The average Bonchev–Trinajstić information content (AvgIpc) is 2.49. The van der Waals surface area contributed by atoms with Crippen molar-refractivity contribution in [3.63, 3.8) is 0 Å². The van der Waals surface area contributed by atoms with Crippen LogP contribution in [0.3, 0.4) is 0 Å². The maximum atomic E-state index is 11.5. The van der Waals surface area contributed by atoms with Gasteiger partial charge in [0.1, 0.15) is 0 Å². The standard InChI is InChI=1S/C17H25NO3/c1-2-3-9-15(16(19)20)17(21)10-12-18(13-11-17)14-7-5-4-6-8-14/h4-8,15,21H,2-3,9-13H2,1H3,(H,19,20). The van der Waals surface area contributed by atoms with Gasteiger partial charge in [-0.1, -0.05) is 38.0 Å². The number of hydrogen-bond donors (Lipinski definition) is 2. The van der Waals surface area contributed by atoms with E-state index in [-0.39, 0.29) is 0 Å². The molecule has 4 heteroatoms. The molecule has 0 aromatic heterocycles. The van der Waals surface area contributed by atoms with Gasteiger partial charge in [0, 0.05) is 18.8 Å². The van der Waals surface area contributed by atoms with Crippen LogP contribution >= 0.6 is 0 Å². The van der Waals surface area contributed by atoms with Crippen LogP contribution in [0.4, 0.5) is 5.69 Å². The number of carboxylic acid groups (broad SMARTS) is 1. The number of aliphatic carboxylic acids is 1. The van der Waals surface area contributed by atoms with Gasteiger partial charge in [0.25, 0.3) is 0 Å². The fraction of sp³-hybridized carbons (Fsp3) is 0.588. The number of para-hydroxylation sites is 1. The zero-order valence-electron chi connectivity index (χ0n) is 12.7. The number of aliphatic hydroxyl groups is 1. The Labute approximate surface area is 126 Å². The van der Waals surface area contributed by atoms with Gasteiger partial charge in [-0.2, -0.15) is 0 Å². The molecule has 4 nitrogen and oxygen atoms in total. The molecule has 1 saturated heterocycles. The fourth-order valence-electron chi connectivity index (χ4n) is 3.17. The predicted molar refractivity (Wildman–Crippen MR) is 83.5 cm³/mol. The van der Waals surface area contributed by atoms with Gasteiger partial charge in [-0.25, -0.2) is 0 Å². The Morgan fingerprint density at radius 3 is 2.43 bits per heavy atom. The first-order chi connectivity index (χ1) is 10.1. The summed E-state index contributed by atoms with van der Waals surface area (Å²) < 4.78 is 0. The number of nitrogens with zero attached hydrogens (tertiary/aromatic N) is 1. The van der Waals surface area contributed by atoms with Crippen molar-refractivity contribution in [3.05, 3.63) is 30.3 Å². The van der Waals surface area contributed by atoms with Gasteiger partial charge in [0.15, 0.2) is 0 Å². The van der Waals surface area contributed by atoms with E-state index in [4.69, 9.17) is 0 Å². The highest BCUT2D eigenvalue weighted by Gasteiger charge is 2.43. The number of anilines is 1. The van der Waals surface area contributed by atoms with E-state index < -0.39 is 17.5 Å². The topological polar surface area (TPSA) is 60.8 Å². The Morgan fingerprint density at radius 1 is 1.29 bits per heavy atom. The van der Waals surface area contributed by atoms with Crippen molar-refractivity contribution in [2.24, 2.45) is 5.92 Å². The Bertz CT molecular complexity index is 452. The molecular weight excluding hydrogens is 266 g/mol. The van der Waals surface area contributed by atoms with Crippen molar-refractivity contribution in [2.75, 3.05) is 18.0 Å². The van der Waals surface area contributed by atoms with Crippen molar-refractivity contribution in [1.82, 2.24) is 0 Å². The van der Waals surface area contributed by atoms with Crippen LogP contribution in [0.2, 0.25) is 0 Å². The number of piperidine rings is 1. The summed E-state index contributed by atoms with van der Waals surface area (Å²) in [6.07, 6.45) is 3.40. The highest BCUT2D eigenvalue weighted by molar-refractivity contribution is 5.71. The molecule has 1 atom stereocenters. The number of rotatable bonds is 6. The van der Waals surface area contributed by atoms with Gasteiger partial charge >= 0.3 is 5.97 Å². The van der Waals surface area contributed by atoms with Crippen molar-refractivity contribution in [3.8, 4) is 0 Å². The zero-order chi connectivity index (χ0) is 15.3. The van der Waals surface area contributed by atoms with Crippen molar-refractivity contribution < 1.29 is 15.0 Å². The van der Waals surface area contributed by atoms with Crippen LogP contribution in [0.5, 0.6) is 0 Å². The Kier molecular flexibility index (Phi) is 5.23. The maximum Gasteiger partial charge on any atom is 0.309 e. The van der Waals surface area contributed by atoms with Crippen LogP contribution in [0.1, 0.15) is 39.0 Å². The number of benzene rings is 1. The first-order valence-electron chi connectivity index (χ1n) is 7.82. The molecule has 116 valence electrons. The lowest BCUT2D eigenvalue weighted by molar-refractivity contribution is -0.154. The van der Waals surface area contributed by atoms with Crippen molar-refractivity contribution in [1.29, 1.82) is 0 Å². The zero-order valence-corrected chi connectivity index (χ0v) is 12.7. The first-order valence-corrected chi connectivity index (χ1v) is 7.82. The summed E-state index contributed by atoms with van der Waals surface area (Å²) in [5, 5.41) is 20.2. The Balaban J connectivity index is 2.01. The van der Waals surface area contributed by atoms with E-state index in [1.807, 2.05) is 25.1 Å². The van der Waals surface area contributed by atoms with Crippen LogP contribution in [0.15, 0.2) is 30.3 Å². The third-order valence-corrected chi connectivity index (χ3v) is 4.54. The third kappa shape index (κ3) is 3.76. The molecule has 1 aromatic carbocycles. The summed E-state index contributed by atoms with van der Waals surface area (Å²) in [6.45, 7) is 3.45. The highest BCUT2D eigenvalue weighted by Crippen LogP contribution is 2.34. The molecule has 1 fully saturated rings. The minimum absolute atomic E-state index is 0.516. The van der Waals surface area contributed by atoms with Crippen LogP contribution < -0.4 is 4.90 Å². The van der Waals surface area contributed by atoms with E-state index >= 15 is 0 Å². The lowest BCUT2D eigenvalue weighted by Gasteiger charge is -2.42. The van der Waals surface area contributed by atoms with Crippen LogP contribution in [0.25, 0.3) is 0 Å². The molecule has 2 N–H and O–H groups in total. The number of carbonyl (C=O) groups is 1. The minimum atomic E-state index is -1.06. The molecule has 21 heavy (non-hydrogen) atoms. The summed E-state index contributed by atoms with van der Waals surface area (Å²) in [7, 11) is 0. The lowest BCUT2D eigenvalue weighted by atomic mass is 9.77. The Morgan fingerprint density at radius 2 is 1.90 bits per heavy atom. The van der Waals surface area contributed by atoms with E-state index in [1.54, 1.807) is 0 Å². The second kappa shape index (κ2) is 6.94. The van der Waals surface area contributed by atoms with E-state index in [0.29, 0.717) is 32.4 Å². The molecule has 0 radical (unpaired) electrons. The second-order valence-electron chi connectivity index (χ2n) is 5.96. The monoisotopic (exact) mass is 291 g/mol. The van der Waals surface area contributed by atoms with Crippen LogP contribution in [-0.2, 0) is 4.79 Å². The molecule has 1 aliphatic rings. The molecule has 0 bridgehead atoms. The molecular formula is C17H25NO3. The van der Waals surface area contributed by atoms with Crippen LogP contribution in [0, 0.1) is 5.92 Å². The summed E-state index contributed by atoms with van der Waals surface area (Å²) in [4.78, 5) is 13.7. The summed E-state index contributed by atoms with van der Waals surface area (Å²) in [6, 6.07) is 10.1. The summed E-state index contributed by atoms with van der Waals surface area (Å²) >= 11 is 0. The average molecular weight is 291 g/mol. The number of unbranched alkanes of at least 4 members (excludes halogenated alkanes) is 1.